The Morgan fingerprint density at radius 2 is 1.87 bits per heavy atom. The van der Waals surface area contributed by atoms with Gasteiger partial charge in [0, 0.05) is 24.3 Å². The zero-order valence-corrected chi connectivity index (χ0v) is 16.8. The quantitative estimate of drug-likeness (QED) is 0.486. The van der Waals surface area contributed by atoms with Gasteiger partial charge in [-0.25, -0.2) is 18.9 Å². The molecule has 2 aliphatic rings. The molecule has 2 aliphatic heterocycles. The molecule has 1 fully saturated rings. The number of likely N-dealkylation sites (tertiary alicyclic amines) is 1. The van der Waals surface area contributed by atoms with E-state index in [1.165, 1.54) is 23.1 Å². The van der Waals surface area contributed by atoms with Crippen LogP contribution < -0.4 is 5.32 Å². The third kappa shape index (κ3) is 4.31. The summed E-state index contributed by atoms with van der Waals surface area (Å²) >= 11 is 0. The number of nitrogens with one attached hydrogen (secondary N) is 1. The summed E-state index contributed by atoms with van der Waals surface area (Å²) in [5, 5.41) is 2.36. The third-order valence-electron chi connectivity index (χ3n) is 4.89. The number of ether oxygens (including phenoxy) is 2. The molecule has 11 heteroatoms. The Morgan fingerprint density at radius 1 is 1.19 bits per heavy atom. The summed E-state index contributed by atoms with van der Waals surface area (Å²) in [4.78, 5) is 64.8. The van der Waals surface area contributed by atoms with E-state index in [-0.39, 0.29) is 18.5 Å². The molecule has 0 spiro atoms. The second-order valence-electron chi connectivity index (χ2n) is 7.17. The second-order valence-corrected chi connectivity index (χ2v) is 7.17. The van der Waals surface area contributed by atoms with E-state index in [1.807, 2.05) is 0 Å². The van der Waals surface area contributed by atoms with Gasteiger partial charge in [-0.05, 0) is 20.2 Å². The number of halogens is 1. The monoisotopic (exact) mass is 433 g/mol. The maximum atomic E-state index is 13.9. The van der Waals surface area contributed by atoms with Crippen molar-refractivity contribution < 1.29 is 37.8 Å². The maximum absolute atomic E-state index is 13.9. The Kier molecular flexibility index (Phi) is 6.16. The fraction of sp³-hybridized carbons (Fsp3) is 0.350. The molecule has 0 radical (unpaired) electrons. The van der Waals surface area contributed by atoms with Crippen molar-refractivity contribution in [1.29, 1.82) is 0 Å². The van der Waals surface area contributed by atoms with E-state index < -0.39 is 53.9 Å². The summed E-state index contributed by atoms with van der Waals surface area (Å²) in [7, 11) is 3.13. The highest BCUT2D eigenvalue weighted by molar-refractivity contribution is 6.10. The van der Waals surface area contributed by atoms with Crippen LogP contribution in [0.15, 0.2) is 36.4 Å². The van der Waals surface area contributed by atoms with Gasteiger partial charge in [0.2, 0.25) is 5.91 Å². The van der Waals surface area contributed by atoms with Gasteiger partial charge in [-0.2, -0.15) is 0 Å². The second kappa shape index (κ2) is 8.64. The van der Waals surface area contributed by atoms with E-state index in [9.17, 15) is 28.4 Å². The third-order valence-corrected chi connectivity index (χ3v) is 4.89. The number of hydrogen-bond donors (Lipinski definition) is 1. The molecule has 2 atom stereocenters. The SMILES string of the molecule is CN(C)C1CC(=O)N(C2(C(=O)NCc3ccccc3F)COC(=O)/C=C/C(=O)O2)C1=O. The Balaban J connectivity index is 1.99. The van der Waals surface area contributed by atoms with E-state index in [4.69, 9.17) is 9.47 Å². The van der Waals surface area contributed by atoms with Gasteiger partial charge >= 0.3 is 17.7 Å². The van der Waals surface area contributed by atoms with Crippen molar-refractivity contribution >= 4 is 29.7 Å². The van der Waals surface area contributed by atoms with Crippen molar-refractivity contribution in [2.45, 2.75) is 24.7 Å². The number of amides is 3. The molecule has 1 saturated heterocycles. The molecular weight excluding hydrogens is 413 g/mol. The number of likely N-dealkylation sites (N-methyl/N-ethyl adjacent to an activating group) is 1. The molecule has 0 bridgehead atoms. The van der Waals surface area contributed by atoms with E-state index in [0.29, 0.717) is 4.90 Å². The van der Waals surface area contributed by atoms with Crippen LogP contribution >= 0.6 is 0 Å². The van der Waals surface area contributed by atoms with Gasteiger partial charge in [0.1, 0.15) is 5.82 Å². The molecule has 1 aromatic rings. The van der Waals surface area contributed by atoms with Crippen molar-refractivity contribution in [3.63, 3.8) is 0 Å². The molecule has 2 unspecified atom stereocenters. The van der Waals surface area contributed by atoms with Crippen LogP contribution in [0, 0.1) is 5.82 Å². The lowest BCUT2D eigenvalue weighted by atomic mass is 10.1. The maximum Gasteiger partial charge on any atom is 0.333 e. The number of carbonyl (C=O) groups is 5. The first-order valence-electron chi connectivity index (χ1n) is 9.28. The summed E-state index contributed by atoms with van der Waals surface area (Å²) < 4.78 is 24.1. The number of esters is 2. The molecule has 1 N–H and O–H groups in total. The van der Waals surface area contributed by atoms with Crippen LogP contribution in [0.1, 0.15) is 12.0 Å². The van der Waals surface area contributed by atoms with Crippen molar-refractivity contribution in [3.05, 3.63) is 47.8 Å². The van der Waals surface area contributed by atoms with Crippen molar-refractivity contribution in [2.75, 3.05) is 20.7 Å². The smallest absolute Gasteiger partial charge is 0.333 e. The number of rotatable bonds is 5. The van der Waals surface area contributed by atoms with Gasteiger partial charge in [0.05, 0.1) is 12.5 Å². The topological polar surface area (TPSA) is 122 Å². The number of cyclic esters (lactones) is 2. The Bertz CT molecular complexity index is 977. The summed E-state index contributed by atoms with van der Waals surface area (Å²) in [6.45, 7) is -1.25. The van der Waals surface area contributed by atoms with Crippen LogP contribution in [0.3, 0.4) is 0 Å². The van der Waals surface area contributed by atoms with Crippen LogP contribution in [-0.4, -0.2) is 71.9 Å². The van der Waals surface area contributed by atoms with Crippen molar-refractivity contribution in [1.82, 2.24) is 15.1 Å². The predicted octanol–water partition coefficient (Wildman–Crippen LogP) is -0.516. The zero-order chi connectivity index (χ0) is 22.8. The lowest BCUT2D eigenvalue weighted by Gasteiger charge is -2.37. The van der Waals surface area contributed by atoms with Crippen LogP contribution in [-0.2, 0) is 40.0 Å². The molecule has 2 heterocycles. The predicted molar refractivity (Wildman–Crippen MR) is 101 cm³/mol. The Morgan fingerprint density at radius 3 is 2.52 bits per heavy atom. The summed E-state index contributed by atoms with van der Waals surface area (Å²) in [6, 6.07) is 4.73. The summed E-state index contributed by atoms with van der Waals surface area (Å²) in [6.07, 6.45) is 1.24. The van der Waals surface area contributed by atoms with Crippen LogP contribution in [0.4, 0.5) is 4.39 Å². The molecule has 1 aromatic carbocycles. The first-order chi connectivity index (χ1) is 14.7. The van der Waals surface area contributed by atoms with Gasteiger partial charge in [0.15, 0.2) is 6.61 Å². The van der Waals surface area contributed by atoms with Crippen LogP contribution in [0.2, 0.25) is 0 Å². The molecule has 3 amide bonds. The van der Waals surface area contributed by atoms with Crippen LogP contribution in [0.5, 0.6) is 0 Å². The van der Waals surface area contributed by atoms with Crippen LogP contribution in [0.25, 0.3) is 0 Å². The fourth-order valence-corrected chi connectivity index (χ4v) is 3.26. The number of hydrogen-bond acceptors (Lipinski definition) is 8. The Hall–Kier alpha value is -3.60. The average molecular weight is 433 g/mol. The van der Waals surface area contributed by atoms with E-state index in [2.05, 4.69) is 5.32 Å². The summed E-state index contributed by atoms with van der Waals surface area (Å²) in [5.74, 6) is -5.41. The minimum Gasteiger partial charge on any atom is -0.455 e. The standard InChI is InChI=1S/C20H20FN3O7/c1-23(2)14-9-15(25)24(18(14)28)20(11-30-16(26)7-8-17(27)31-20)19(29)22-10-12-5-3-4-6-13(12)21/h3-8,14H,9-11H2,1-2H3,(H,22,29)/b8-7+. The largest absolute Gasteiger partial charge is 0.455 e. The highest BCUT2D eigenvalue weighted by Gasteiger charge is 2.59. The number of imide groups is 1. The van der Waals surface area contributed by atoms with Gasteiger partial charge < -0.3 is 14.8 Å². The number of carbonyl (C=O) groups excluding carboxylic acids is 5. The molecule has 164 valence electrons. The first-order valence-corrected chi connectivity index (χ1v) is 9.28. The van der Waals surface area contributed by atoms with Crippen molar-refractivity contribution in [2.24, 2.45) is 0 Å². The summed E-state index contributed by atoms with van der Waals surface area (Å²) in [5.41, 5.74) is -2.47. The van der Waals surface area contributed by atoms with Crippen molar-refractivity contribution in [3.8, 4) is 0 Å². The van der Waals surface area contributed by atoms with E-state index >= 15 is 0 Å². The molecular formula is C20H20FN3O7. The molecule has 0 aromatic heterocycles. The van der Waals surface area contributed by atoms with E-state index in [0.717, 1.165) is 12.2 Å². The van der Waals surface area contributed by atoms with Gasteiger partial charge in [-0.15, -0.1) is 0 Å². The molecule has 0 aliphatic carbocycles. The van der Waals surface area contributed by atoms with Gasteiger partial charge in [-0.3, -0.25) is 19.3 Å². The number of benzene rings is 1. The molecule has 10 nitrogen and oxygen atoms in total. The van der Waals surface area contributed by atoms with Gasteiger partial charge in [-0.1, -0.05) is 18.2 Å². The molecule has 3 rings (SSSR count). The van der Waals surface area contributed by atoms with E-state index in [1.54, 1.807) is 20.2 Å². The zero-order valence-electron chi connectivity index (χ0n) is 16.8. The normalized spacial score (nSPS) is 25.0. The minimum atomic E-state index is -2.58. The highest BCUT2D eigenvalue weighted by atomic mass is 19.1. The number of nitrogens with zero attached hydrogens (tertiary/aromatic N) is 2. The lowest BCUT2D eigenvalue weighted by Crippen LogP contribution is -2.66. The molecule has 31 heavy (non-hydrogen) atoms. The fourth-order valence-electron chi connectivity index (χ4n) is 3.26. The molecule has 0 saturated carbocycles. The highest BCUT2D eigenvalue weighted by Crippen LogP contribution is 2.29. The van der Waals surface area contributed by atoms with Gasteiger partial charge in [0.25, 0.3) is 11.8 Å². The average Bonchev–Trinajstić information content (AvgIpc) is 3.02. The first kappa shape index (κ1) is 22.1. The lowest BCUT2D eigenvalue weighted by molar-refractivity contribution is -0.204. The minimum absolute atomic E-state index is 0.116. The Labute approximate surface area is 176 Å².